The summed E-state index contributed by atoms with van der Waals surface area (Å²) in [6, 6.07) is 1.91. The van der Waals surface area contributed by atoms with Gasteiger partial charge in [0, 0.05) is 19.3 Å². The highest BCUT2D eigenvalue weighted by molar-refractivity contribution is 5.39. The molecule has 0 radical (unpaired) electrons. The average Bonchev–Trinajstić information content (AvgIpc) is 3.03. The standard InChI is InChI=1S/C11H18N4/c1-2-12-11-14-8-6-10(15-11)13-7-5-9-3-4-9/h6,8-9H,2-5,7H2,1H3,(H2,12,13,14,15). The summed E-state index contributed by atoms with van der Waals surface area (Å²) in [5, 5.41) is 6.42. The van der Waals surface area contributed by atoms with Crippen LogP contribution in [0.15, 0.2) is 12.3 Å². The molecule has 0 unspecified atom stereocenters. The van der Waals surface area contributed by atoms with Gasteiger partial charge in [-0.1, -0.05) is 12.8 Å². The van der Waals surface area contributed by atoms with Crippen molar-refractivity contribution < 1.29 is 0 Å². The SMILES string of the molecule is CCNc1nccc(NCCC2CC2)n1. The Kier molecular flexibility index (Phi) is 3.37. The Morgan fingerprint density at radius 3 is 3.00 bits per heavy atom. The Morgan fingerprint density at radius 2 is 2.27 bits per heavy atom. The van der Waals surface area contributed by atoms with Crippen LogP contribution in [0.1, 0.15) is 26.2 Å². The van der Waals surface area contributed by atoms with Crippen LogP contribution in [0, 0.1) is 5.92 Å². The number of aromatic nitrogens is 2. The highest BCUT2D eigenvalue weighted by Gasteiger charge is 2.20. The molecule has 4 heteroatoms. The maximum atomic E-state index is 4.35. The second-order valence-electron chi connectivity index (χ2n) is 3.95. The van der Waals surface area contributed by atoms with E-state index in [4.69, 9.17) is 0 Å². The van der Waals surface area contributed by atoms with E-state index in [-0.39, 0.29) is 0 Å². The van der Waals surface area contributed by atoms with Crippen LogP contribution in [0.25, 0.3) is 0 Å². The zero-order valence-corrected chi connectivity index (χ0v) is 9.16. The van der Waals surface area contributed by atoms with Crippen molar-refractivity contribution in [1.29, 1.82) is 0 Å². The van der Waals surface area contributed by atoms with Crippen molar-refractivity contribution in [3.63, 3.8) is 0 Å². The Bertz CT molecular complexity index is 309. The highest BCUT2D eigenvalue weighted by Crippen LogP contribution is 2.31. The monoisotopic (exact) mass is 206 g/mol. The Labute approximate surface area is 90.5 Å². The topological polar surface area (TPSA) is 49.8 Å². The van der Waals surface area contributed by atoms with Crippen LogP contribution >= 0.6 is 0 Å². The molecule has 1 aromatic heterocycles. The molecule has 1 aliphatic carbocycles. The van der Waals surface area contributed by atoms with Crippen molar-refractivity contribution in [2.45, 2.75) is 26.2 Å². The molecule has 82 valence electrons. The predicted octanol–water partition coefficient (Wildman–Crippen LogP) is 2.12. The molecule has 1 aliphatic rings. The number of nitrogens with one attached hydrogen (secondary N) is 2. The summed E-state index contributed by atoms with van der Waals surface area (Å²) in [5.74, 6) is 2.59. The van der Waals surface area contributed by atoms with E-state index in [0.29, 0.717) is 5.95 Å². The molecule has 2 rings (SSSR count). The first kappa shape index (κ1) is 10.2. The maximum absolute atomic E-state index is 4.35. The minimum Gasteiger partial charge on any atom is -0.370 e. The van der Waals surface area contributed by atoms with E-state index in [0.717, 1.165) is 24.8 Å². The van der Waals surface area contributed by atoms with Gasteiger partial charge in [0.15, 0.2) is 0 Å². The molecule has 0 aliphatic heterocycles. The Balaban J connectivity index is 1.80. The van der Waals surface area contributed by atoms with Gasteiger partial charge < -0.3 is 10.6 Å². The molecule has 1 heterocycles. The molecular formula is C11H18N4. The van der Waals surface area contributed by atoms with E-state index in [1.807, 2.05) is 13.0 Å². The molecule has 0 aromatic carbocycles. The molecule has 1 fully saturated rings. The third-order valence-electron chi connectivity index (χ3n) is 2.55. The van der Waals surface area contributed by atoms with E-state index in [1.54, 1.807) is 6.20 Å². The second kappa shape index (κ2) is 4.96. The molecule has 0 spiro atoms. The number of hydrogen-bond acceptors (Lipinski definition) is 4. The lowest BCUT2D eigenvalue weighted by Crippen LogP contribution is -2.07. The zero-order chi connectivity index (χ0) is 10.5. The van der Waals surface area contributed by atoms with E-state index in [1.165, 1.54) is 19.3 Å². The largest absolute Gasteiger partial charge is 0.370 e. The van der Waals surface area contributed by atoms with Gasteiger partial charge in [-0.15, -0.1) is 0 Å². The van der Waals surface area contributed by atoms with Crippen molar-refractivity contribution >= 4 is 11.8 Å². The van der Waals surface area contributed by atoms with E-state index >= 15 is 0 Å². The fraction of sp³-hybridized carbons (Fsp3) is 0.636. The van der Waals surface area contributed by atoms with Crippen LogP contribution < -0.4 is 10.6 Å². The van der Waals surface area contributed by atoms with Crippen LogP contribution in [0.5, 0.6) is 0 Å². The first-order valence-corrected chi connectivity index (χ1v) is 5.69. The normalized spacial score (nSPS) is 15.0. The van der Waals surface area contributed by atoms with E-state index in [2.05, 4.69) is 20.6 Å². The van der Waals surface area contributed by atoms with Gasteiger partial charge in [0.05, 0.1) is 0 Å². The average molecular weight is 206 g/mol. The van der Waals surface area contributed by atoms with Gasteiger partial charge in [-0.2, -0.15) is 4.98 Å². The van der Waals surface area contributed by atoms with Gasteiger partial charge in [-0.3, -0.25) is 0 Å². The van der Waals surface area contributed by atoms with Crippen LogP contribution in [-0.2, 0) is 0 Å². The van der Waals surface area contributed by atoms with E-state index < -0.39 is 0 Å². The number of nitrogens with zero attached hydrogens (tertiary/aromatic N) is 2. The molecule has 1 saturated carbocycles. The van der Waals surface area contributed by atoms with Crippen LogP contribution in [0.3, 0.4) is 0 Å². The maximum Gasteiger partial charge on any atom is 0.224 e. The van der Waals surface area contributed by atoms with Crippen molar-refractivity contribution in [3.05, 3.63) is 12.3 Å². The van der Waals surface area contributed by atoms with Gasteiger partial charge in [-0.05, 0) is 25.3 Å². The molecule has 0 bridgehead atoms. The van der Waals surface area contributed by atoms with Crippen LogP contribution in [0.4, 0.5) is 11.8 Å². The van der Waals surface area contributed by atoms with E-state index in [9.17, 15) is 0 Å². The minimum atomic E-state index is 0.703. The van der Waals surface area contributed by atoms with Crippen molar-refractivity contribution in [1.82, 2.24) is 9.97 Å². The number of hydrogen-bond donors (Lipinski definition) is 2. The highest BCUT2D eigenvalue weighted by atomic mass is 15.1. The lowest BCUT2D eigenvalue weighted by molar-refractivity contribution is 0.758. The molecule has 0 atom stereocenters. The molecule has 0 saturated heterocycles. The number of anilines is 2. The van der Waals surface area contributed by atoms with Crippen LogP contribution in [0.2, 0.25) is 0 Å². The van der Waals surface area contributed by atoms with Crippen LogP contribution in [-0.4, -0.2) is 23.1 Å². The van der Waals surface area contributed by atoms with Gasteiger partial charge >= 0.3 is 0 Å². The van der Waals surface area contributed by atoms with Gasteiger partial charge in [0.1, 0.15) is 5.82 Å². The summed E-state index contributed by atoms with van der Waals surface area (Å²) in [7, 11) is 0. The fourth-order valence-corrected chi connectivity index (χ4v) is 1.51. The third kappa shape index (κ3) is 3.38. The second-order valence-corrected chi connectivity index (χ2v) is 3.95. The van der Waals surface area contributed by atoms with Gasteiger partial charge in [0.25, 0.3) is 0 Å². The molecular weight excluding hydrogens is 188 g/mol. The third-order valence-corrected chi connectivity index (χ3v) is 2.55. The summed E-state index contributed by atoms with van der Waals surface area (Å²) >= 11 is 0. The lowest BCUT2D eigenvalue weighted by Gasteiger charge is -2.06. The van der Waals surface area contributed by atoms with Crippen molar-refractivity contribution in [2.24, 2.45) is 5.92 Å². The molecule has 4 nitrogen and oxygen atoms in total. The first-order chi connectivity index (χ1) is 7.38. The van der Waals surface area contributed by atoms with Crippen molar-refractivity contribution in [2.75, 3.05) is 23.7 Å². The Hall–Kier alpha value is -1.32. The van der Waals surface area contributed by atoms with Gasteiger partial charge in [-0.25, -0.2) is 4.98 Å². The van der Waals surface area contributed by atoms with Crippen molar-refractivity contribution in [3.8, 4) is 0 Å². The number of rotatable bonds is 6. The Morgan fingerprint density at radius 1 is 1.40 bits per heavy atom. The first-order valence-electron chi connectivity index (χ1n) is 5.69. The predicted molar refractivity (Wildman–Crippen MR) is 62.0 cm³/mol. The molecule has 15 heavy (non-hydrogen) atoms. The summed E-state index contributed by atoms with van der Waals surface area (Å²) in [6.07, 6.45) is 5.87. The quantitative estimate of drug-likeness (QED) is 0.748. The summed E-state index contributed by atoms with van der Waals surface area (Å²) in [6.45, 7) is 3.91. The minimum absolute atomic E-state index is 0.703. The van der Waals surface area contributed by atoms with Gasteiger partial charge in [0.2, 0.25) is 5.95 Å². The molecule has 0 amide bonds. The summed E-state index contributed by atoms with van der Waals surface area (Å²) in [4.78, 5) is 8.47. The fourth-order valence-electron chi connectivity index (χ4n) is 1.51. The smallest absolute Gasteiger partial charge is 0.224 e. The molecule has 2 N–H and O–H groups in total. The molecule has 1 aromatic rings. The lowest BCUT2D eigenvalue weighted by atomic mass is 10.3. The zero-order valence-electron chi connectivity index (χ0n) is 9.16. The summed E-state index contributed by atoms with van der Waals surface area (Å²) < 4.78 is 0. The summed E-state index contributed by atoms with van der Waals surface area (Å²) in [5.41, 5.74) is 0.